The van der Waals surface area contributed by atoms with Crippen LogP contribution in [-0.2, 0) is 66.7 Å². The van der Waals surface area contributed by atoms with Gasteiger partial charge in [-0.05, 0) is 13.8 Å². The zero-order chi connectivity index (χ0) is 27.4. The van der Waals surface area contributed by atoms with Gasteiger partial charge < -0.3 is 37.9 Å². The molecule has 36 heavy (non-hydrogen) atoms. The van der Waals surface area contributed by atoms with Crippen LogP contribution in [0.15, 0.2) is 0 Å². The Morgan fingerprint density at radius 2 is 1.14 bits per heavy atom. The van der Waals surface area contributed by atoms with Crippen LogP contribution >= 0.6 is 0 Å². The maximum atomic E-state index is 12.3. The van der Waals surface area contributed by atoms with E-state index >= 15 is 0 Å². The molecule has 1 fully saturated rings. The van der Waals surface area contributed by atoms with E-state index in [9.17, 15) is 28.8 Å². The number of ether oxygens (including phenoxy) is 8. The van der Waals surface area contributed by atoms with Crippen molar-refractivity contribution in [2.75, 3.05) is 26.4 Å². The Labute approximate surface area is 207 Å². The largest absolute Gasteiger partial charge is 0.465 e. The van der Waals surface area contributed by atoms with Crippen molar-refractivity contribution in [2.45, 2.75) is 72.2 Å². The second-order valence-corrected chi connectivity index (χ2v) is 7.46. The van der Waals surface area contributed by atoms with Crippen molar-refractivity contribution in [3.05, 3.63) is 0 Å². The zero-order valence-corrected chi connectivity index (χ0v) is 21.0. The van der Waals surface area contributed by atoms with Crippen LogP contribution in [0, 0.1) is 5.92 Å². The van der Waals surface area contributed by atoms with Gasteiger partial charge in [0.15, 0.2) is 30.5 Å². The van der Waals surface area contributed by atoms with E-state index in [-0.39, 0.29) is 13.2 Å². The van der Waals surface area contributed by atoms with Gasteiger partial charge in [-0.25, -0.2) is 0 Å². The monoisotopic (exact) mass is 520 g/mol. The summed E-state index contributed by atoms with van der Waals surface area (Å²) in [5, 5.41) is 0. The van der Waals surface area contributed by atoms with Crippen LogP contribution in [0.4, 0.5) is 0 Å². The van der Waals surface area contributed by atoms with Crippen molar-refractivity contribution in [3.63, 3.8) is 0 Å². The van der Waals surface area contributed by atoms with E-state index in [0.717, 1.165) is 27.7 Å². The van der Waals surface area contributed by atoms with Gasteiger partial charge in [0.2, 0.25) is 0 Å². The van der Waals surface area contributed by atoms with Gasteiger partial charge >= 0.3 is 35.8 Å². The first kappa shape index (κ1) is 30.8. The summed E-state index contributed by atoms with van der Waals surface area (Å²) in [6.07, 6.45) is -7.15. The van der Waals surface area contributed by atoms with Crippen LogP contribution in [0.1, 0.15) is 41.5 Å². The smallest absolute Gasteiger partial charge is 0.322 e. The first-order chi connectivity index (χ1) is 16.9. The Kier molecular flexibility index (Phi) is 12.8. The topological polar surface area (TPSA) is 176 Å². The quantitative estimate of drug-likeness (QED) is 0.188. The molecule has 1 aliphatic rings. The van der Waals surface area contributed by atoms with E-state index in [1.54, 1.807) is 13.8 Å². The number of hydrogen-bond acceptors (Lipinski definition) is 14. The molecular formula is C22H32O14. The molecule has 0 aliphatic carbocycles. The predicted molar refractivity (Wildman–Crippen MR) is 115 cm³/mol. The van der Waals surface area contributed by atoms with E-state index < -0.39 is 85.7 Å². The molecule has 1 saturated heterocycles. The highest BCUT2D eigenvalue weighted by molar-refractivity contribution is 5.95. The average molecular weight is 520 g/mol. The van der Waals surface area contributed by atoms with Crippen LogP contribution in [0.5, 0.6) is 0 Å². The van der Waals surface area contributed by atoms with E-state index in [0.29, 0.717) is 0 Å². The molecule has 1 aliphatic heterocycles. The van der Waals surface area contributed by atoms with Crippen molar-refractivity contribution >= 4 is 35.8 Å². The third-order valence-electron chi connectivity index (χ3n) is 4.52. The molecule has 0 amide bonds. The summed E-state index contributed by atoms with van der Waals surface area (Å²) in [7, 11) is 0. The maximum absolute atomic E-state index is 12.3. The molecule has 0 aromatic rings. The van der Waals surface area contributed by atoms with Crippen LogP contribution in [0.2, 0.25) is 0 Å². The Bertz CT molecular complexity index is 791. The summed E-state index contributed by atoms with van der Waals surface area (Å²) in [5.41, 5.74) is 0. The summed E-state index contributed by atoms with van der Waals surface area (Å²) in [6, 6.07) is 0. The van der Waals surface area contributed by atoms with Crippen molar-refractivity contribution in [1.82, 2.24) is 0 Å². The highest BCUT2D eigenvalue weighted by Crippen LogP contribution is 2.30. The average Bonchev–Trinajstić information content (AvgIpc) is 2.75. The van der Waals surface area contributed by atoms with Gasteiger partial charge in [-0.2, -0.15) is 0 Å². The van der Waals surface area contributed by atoms with Gasteiger partial charge in [-0.3, -0.25) is 28.8 Å². The van der Waals surface area contributed by atoms with E-state index in [2.05, 4.69) is 0 Å². The van der Waals surface area contributed by atoms with Gasteiger partial charge in [0.05, 0.1) is 19.8 Å². The molecule has 14 nitrogen and oxygen atoms in total. The molecule has 0 saturated carbocycles. The van der Waals surface area contributed by atoms with Crippen molar-refractivity contribution in [1.29, 1.82) is 0 Å². The summed E-state index contributed by atoms with van der Waals surface area (Å²) in [6.45, 7) is 6.30. The molecule has 0 radical (unpaired) electrons. The molecule has 0 N–H and O–H groups in total. The third kappa shape index (κ3) is 9.77. The number of hydrogen-bond donors (Lipinski definition) is 0. The molecule has 204 valence electrons. The number of esters is 6. The van der Waals surface area contributed by atoms with E-state index in [1.807, 2.05) is 0 Å². The maximum Gasteiger partial charge on any atom is 0.322 e. The molecule has 1 rings (SSSR count). The normalized spacial score (nSPS) is 23.2. The van der Waals surface area contributed by atoms with Crippen LogP contribution in [-0.4, -0.2) is 92.9 Å². The third-order valence-corrected chi connectivity index (χ3v) is 4.52. The van der Waals surface area contributed by atoms with Gasteiger partial charge in [-0.1, -0.05) is 0 Å². The zero-order valence-electron chi connectivity index (χ0n) is 21.0. The summed E-state index contributed by atoms with van der Waals surface area (Å²) in [4.78, 5) is 71.4. The fraction of sp³-hybridized carbons (Fsp3) is 0.727. The second-order valence-electron chi connectivity index (χ2n) is 7.46. The second kappa shape index (κ2) is 15.0. The Balaban J connectivity index is 3.36. The lowest BCUT2D eigenvalue weighted by molar-refractivity contribution is -0.309. The fourth-order valence-electron chi connectivity index (χ4n) is 3.23. The molecule has 0 spiro atoms. The lowest BCUT2D eigenvalue weighted by Crippen LogP contribution is -2.63. The first-order valence-electron chi connectivity index (χ1n) is 11.2. The lowest BCUT2D eigenvalue weighted by Gasteiger charge is -2.44. The molecule has 0 bridgehead atoms. The SMILES string of the molecule is CCOC(=O)C(COC1OC(COC(C)=O)C(OC(C)=O)C(OC(C)=O)C1OC(C)=O)C(=O)OCC. The molecule has 0 aromatic carbocycles. The van der Waals surface area contributed by atoms with Gasteiger partial charge in [0.1, 0.15) is 12.7 Å². The molecule has 0 aromatic heterocycles. The van der Waals surface area contributed by atoms with Gasteiger partial charge in [-0.15, -0.1) is 0 Å². The minimum absolute atomic E-state index is 0.0200. The molecule has 5 atom stereocenters. The van der Waals surface area contributed by atoms with E-state index in [1.165, 1.54) is 0 Å². The molecule has 1 heterocycles. The number of carbonyl (C=O) groups is 6. The summed E-state index contributed by atoms with van der Waals surface area (Å²) >= 11 is 0. The Hall–Kier alpha value is -3.26. The van der Waals surface area contributed by atoms with Crippen LogP contribution < -0.4 is 0 Å². The van der Waals surface area contributed by atoms with Gasteiger partial charge in [0, 0.05) is 27.7 Å². The highest BCUT2D eigenvalue weighted by atomic mass is 16.7. The predicted octanol–water partition coefficient (Wildman–Crippen LogP) is -0.171. The lowest BCUT2D eigenvalue weighted by atomic mass is 9.98. The number of carbonyl (C=O) groups excluding carboxylic acids is 6. The van der Waals surface area contributed by atoms with Crippen LogP contribution in [0.25, 0.3) is 0 Å². The standard InChI is InChI=1S/C22H32O14/c1-7-29-20(27)15(21(28)30-8-2)9-32-22-19(35-14(6)26)18(34-13(5)25)17(33-12(4)24)16(36-22)10-31-11(3)23/h15-19,22H,7-10H2,1-6H3. The number of rotatable bonds is 12. The summed E-state index contributed by atoms with van der Waals surface area (Å²) < 4.78 is 41.9. The molecular weight excluding hydrogens is 488 g/mol. The Morgan fingerprint density at radius 3 is 1.58 bits per heavy atom. The van der Waals surface area contributed by atoms with Crippen LogP contribution in [0.3, 0.4) is 0 Å². The van der Waals surface area contributed by atoms with Crippen molar-refractivity contribution in [3.8, 4) is 0 Å². The first-order valence-corrected chi connectivity index (χ1v) is 11.2. The fourth-order valence-corrected chi connectivity index (χ4v) is 3.23. The minimum atomic E-state index is -1.56. The van der Waals surface area contributed by atoms with Crippen molar-refractivity contribution in [2.24, 2.45) is 5.92 Å². The highest BCUT2D eigenvalue weighted by Gasteiger charge is 2.53. The molecule has 5 unspecified atom stereocenters. The Morgan fingerprint density at radius 1 is 0.667 bits per heavy atom. The van der Waals surface area contributed by atoms with Gasteiger partial charge in [0.25, 0.3) is 0 Å². The summed E-state index contributed by atoms with van der Waals surface area (Å²) in [5.74, 6) is -6.51. The minimum Gasteiger partial charge on any atom is -0.465 e. The van der Waals surface area contributed by atoms with E-state index in [4.69, 9.17) is 37.9 Å². The van der Waals surface area contributed by atoms with Crippen molar-refractivity contribution < 1.29 is 66.7 Å². The molecule has 14 heteroatoms.